The van der Waals surface area contributed by atoms with Crippen LogP contribution in [0, 0.1) is 5.41 Å². The summed E-state index contributed by atoms with van der Waals surface area (Å²) in [6.45, 7) is 8.83. The first-order chi connectivity index (χ1) is 7.30. The van der Waals surface area contributed by atoms with E-state index in [0.717, 1.165) is 25.7 Å². The van der Waals surface area contributed by atoms with Gasteiger partial charge in [-0.2, -0.15) is 0 Å². The Balaban J connectivity index is 2.59. The van der Waals surface area contributed by atoms with Crippen LogP contribution in [0.25, 0.3) is 0 Å². The second-order valence-corrected chi connectivity index (χ2v) is 6.11. The summed E-state index contributed by atoms with van der Waals surface area (Å²) in [5.74, 6) is 0. The molecule has 1 aliphatic rings. The molecule has 3 heteroatoms. The Morgan fingerprint density at radius 1 is 1.19 bits per heavy atom. The molecule has 1 fully saturated rings. The highest BCUT2D eigenvalue weighted by Gasteiger charge is 2.39. The summed E-state index contributed by atoms with van der Waals surface area (Å²) >= 11 is 0. The molecule has 0 saturated heterocycles. The predicted octanol–water partition coefficient (Wildman–Crippen LogP) is 2.07. The number of ether oxygens (including phenoxy) is 1. The summed E-state index contributed by atoms with van der Waals surface area (Å²) in [5.41, 5.74) is 6.08. The molecule has 0 bridgehead atoms. The minimum absolute atomic E-state index is 0.134. The summed E-state index contributed by atoms with van der Waals surface area (Å²) in [4.78, 5) is 0. The molecule has 3 N–H and O–H groups in total. The number of hydrogen-bond donors (Lipinski definition) is 2. The molecule has 3 nitrogen and oxygen atoms in total. The van der Waals surface area contributed by atoms with Crippen molar-refractivity contribution in [1.29, 1.82) is 0 Å². The highest BCUT2D eigenvalue weighted by Crippen LogP contribution is 2.42. The van der Waals surface area contributed by atoms with E-state index >= 15 is 0 Å². The van der Waals surface area contributed by atoms with Crippen molar-refractivity contribution in [3.63, 3.8) is 0 Å². The Morgan fingerprint density at radius 2 is 1.69 bits per heavy atom. The van der Waals surface area contributed by atoms with Gasteiger partial charge in [-0.15, -0.1) is 0 Å². The van der Waals surface area contributed by atoms with E-state index in [4.69, 9.17) is 10.5 Å². The summed E-state index contributed by atoms with van der Waals surface area (Å²) in [7, 11) is 0. The molecule has 0 aromatic rings. The van der Waals surface area contributed by atoms with Gasteiger partial charge < -0.3 is 15.6 Å². The topological polar surface area (TPSA) is 55.5 Å². The molecule has 2 unspecified atom stereocenters. The van der Waals surface area contributed by atoms with Crippen LogP contribution in [0.4, 0.5) is 0 Å². The van der Waals surface area contributed by atoms with Gasteiger partial charge in [-0.05, 0) is 44.9 Å². The van der Waals surface area contributed by atoms with Crippen molar-refractivity contribution in [2.45, 2.75) is 71.2 Å². The van der Waals surface area contributed by atoms with Gasteiger partial charge in [-0.1, -0.05) is 13.8 Å². The molecule has 1 rings (SSSR count). The van der Waals surface area contributed by atoms with Gasteiger partial charge in [0.05, 0.1) is 17.8 Å². The van der Waals surface area contributed by atoms with E-state index in [1.807, 2.05) is 6.92 Å². The molecule has 96 valence electrons. The van der Waals surface area contributed by atoms with Crippen LogP contribution in [0.2, 0.25) is 0 Å². The number of aliphatic hydroxyl groups is 1. The van der Waals surface area contributed by atoms with E-state index < -0.39 is 6.10 Å². The molecular formula is C13H27NO2. The molecular weight excluding hydrogens is 202 g/mol. The van der Waals surface area contributed by atoms with Crippen LogP contribution in [0.15, 0.2) is 0 Å². The lowest BCUT2D eigenvalue weighted by Gasteiger charge is -2.44. The van der Waals surface area contributed by atoms with Gasteiger partial charge >= 0.3 is 0 Å². The molecule has 16 heavy (non-hydrogen) atoms. The maximum Gasteiger partial charge on any atom is 0.0811 e. The van der Waals surface area contributed by atoms with Crippen LogP contribution in [0.5, 0.6) is 0 Å². The first kappa shape index (κ1) is 13.9. The van der Waals surface area contributed by atoms with E-state index in [0.29, 0.717) is 12.0 Å². The van der Waals surface area contributed by atoms with Crippen molar-refractivity contribution < 1.29 is 9.84 Å². The van der Waals surface area contributed by atoms with E-state index in [9.17, 15) is 5.11 Å². The Morgan fingerprint density at radius 3 is 2.06 bits per heavy atom. The van der Waals surface area contributed by atoms with Crippen LogP contribution in [0.1, 0.15) is 53.4 Å². The van der Waals surface area contributed by atoms with Gasteiger partial charge in [0.1, 0.15) is 0 Å². The molecule has 0 spiro atoms. The molecule has 0 aromatic carbocycles. The molecule has 0 amide bonds. The van der Waals surface area contributed by atoms with Crippen LogP contribution in [0.3, 0.4) is 0 Å². The fourth-order valence-corrected chi connectivity index (χ4v) is 2.25. The zero-order valence-electron chi connectivity index (χ0n) is 11.1. The second kappa shape index (κ2) is 5.03. The summed E-state index contributed by atoms with van der Waals surface area (Å²) in [5, 5.41) is 9.50. The van der Waals surface area contributed by atoms with Crippen molar-refractivity contribution >= 4 is 0 Å². The van der Waals surface area contributed by atoms with Gasteiger partial charge in [0.15, 0.2) is 0 Å². The Labute approximate surface area is 99.4 Å². The van der Waals surface area contributed by atoms with Crippen LogP contribution in [-0.2, 0) is 4.74 Å². The monoisotopic (exact) mass is 229 g/mol. The van der Waals surface area contributed by atoms with Crippen molar-refractivity contribution in [1.82, 2.24) is 0 Å². The minimum atomic E-state index is -0.432. The average Bonchev–Trinajstić information content (AvgIpc) is 2.21. The molecule has 1 saturated carbocycles. The van der Waals surface area contributed by atoms with Crippen LogP contribution in [-0.4, -0.2) is 29.5 Å². The van der Waals surface area contributed by atoms with Crippen molar-refractivity contribution in [3.8, 4) is 0 Å². The van der Waals surface area contributed by atoms with E-state index in [2.05, 4.69) is 13.8 Å². The van der Waals surface area contributed by atoms with Crippen LogP contribution < -0.4 is 5.73 Å². The van der Waals surface area contributed by atoms with Gasteiger partial charge in [0, 0.05) is 6.54 Å². The summed E-state index contributed by atoms with van der Waals surface area (Å²) < 4.78 is 6.01. The highest BCUT2D eigenvalue weighted by atomic mass is 16.5. The normalized spacial score (nSPS) is 27.4. The zero-order chi connectivity index (χ0) is 12.4. The van der Waals surface area contributed by atoms with Crippen LogP contribution >= 0.6 is 0 Å². The van der Waals surface area contributed by atoms with Crippen molar-refractivity contribution in [2.24, 2.45) is 11.1 Å². The first-order valence-electron chi connectivity index (χ1n) is 6.36. The van der Waals surface area contributed by atoms with Gasteiger partial charge in [0.2, 0.25) is 0 Å². The number of aliphatic hydroxyl groups excluding tert-OH is 1. The van der Waals surface area contributed by atoms with Crippen molar-refractivity contribution in [3.05, 3.63) is 0 Å². The average molecular weight is 229 g/mol. The van der Waals surface area contributed by atoms with Crippen molar-refractivity contribution in [2.75, 3.05) is 6.54 Å². The molecule has 1 aliphatic carbocycles. The molecule has 0 heterocycles. The first-order valence-corrected chi connectivity index (χ1v) is 6.36. The maximum absolute atomic E-state index is 9.50. The Hall–Kier alpha value is -0.120. The Kier molecular flexibility index (Phi) is 4.38. The number of rotatable bonds is 4. The largest absolute Gasteiger partial charge is 0.391 e. The fourth-order valence-electron chi connectivity index (χ4n) is 2.25. The number of hydrogen-bond acceptors (Lipinski definition) is 3. The maximum atomic E-state index is 9.50. The second-order valence-electron chi connectivity index (χ2n) is 6.11. The summed E-state index contributed by atoms with van der Waals surface area (Å²) in [6, 6.07) is 0. The molecule has 0 aromatic heterocycles. The number of nitrogens with two attached hydrogens (primary N) is 1. The zero-order valence-corrected chi connectivity index (χ0v) is 11.1. The van der Waals surface area contributed by atoms with Gasteiger partial charge in [0.25, 0.3) is 0 Å². The summed E-state index contributed by atoms with van der Waals surface area (Å²) in [6.07, 6.45) is 3.75. The standard InChI is InChI=1S/C13H27NO2/c1-10(15)11(2)16-13(9-14)7-5-12(3,4)6-8-13/h10-11,15H,5-9,14H2,1-4H3. The van der Waals surface area contributed by atoms with E-state index in [1.165, 1.54) is 0 Å². The molecule has 0 aliphatic heterocycles. The van der Waals surface area contributed by atoms with E-state index in [1.54, 1.807) is 6.92 Å². The van der Waals surface area contributed by atoms with Gasteiger partial charge in [-0.25, -0.2) is 0 Å². The Bertz CT molecular complexity index is 216. The van der Waals surface area contributed by atoms with E-state index in [-0.39, 0.29) is 11.7 Å². The molecule has 2 atom stereocenters. The predicted molar refractivity (Wildman–Crippen MR) is 66.3 cm³/mol. The fraction of sp³-hybridized carbons (Fsp3) is 1.00. The third-order valence-electron chi connectivity index (χ3n) is 4.00. The smallest absolute Gasteiger partial charge is 0.0811 e. The quantitative estimate of drug-likeness (QED) is 0.776. The lowest BCUT2D eigenvalue weighted by atomic mass is 9.71. The van der Waals surface area contributed by atoms with Gasteiger partial charge in [-0.3, -0.25) is 0 Å². The lowest BCUT2D eigenvalue weighted by Crippen LogP contribution is -2.48. The minimum Gasteiger partial charge on any atom is -0.391 e. The SMILES string of the molecule is CC(O)C(C)OC1(CN)CCC(C)(C)CC1. The highest BCUT2D eigenvalue weighted by molar-refractivity contribution is 4.92. The lowest BCUT2D eigenvalue weighted by molar-refractivity contribution is -0.143. The third kappa shape index (κ3) is 3.44. The molecule has 0 radical (unpaired) electrons. The third-order valence-corrected chi connectivity index (χ3v) is 4.00.